The van der Waals surface area contributed by atoms with Gasteiger partial charge in [-0.25, -0.2) is 29.9 Å². The summed E-state index contributed by atoms with van der Waals surface area (Å²) >= 11 is 4.34. The second-order valence-corrected chi connectivity index (χ2v) is 34.7. The Bertz CT molecular complexity index is 7900. The number of hydrogen-bond acceptors (Lipinski definition) is 14. The second kappa shape index (κ2) is 30.9. The van der Waals surface area contributed by atoms with Gasteiger partial charge >= 0.3 is 0 Å². The molecule has 23 aromatic rings. The number of rotatable bonds is 14. The van der Waals surface area contributed by atoms with Crippen LogP contribution in [-0.2, 0) is 4.57 Å². The molecule has 0 amide bonds. The molecule has 7 heterocycles. The van der Waals surface area contributed by atoms with Crippen LogP contribution in [-0.4, -0.2) is 47.4 Å². The van der Waals surface area contributed by atoms with Crippen molar-refractivity contribution in [1.82, 2.24) is 47.4 Å². The molecule has 15 heteroatoms. The van der Waals surface area contributed by atoms with Crippen molar-refractivity contribution in [2.24, 2.45) is 0 Å². The van der Waals surface area contributed by atoms with Gasteiger partial charge in [0.1, 0.15) is 22.1 Å². The predicted molar refractivity (Wildman–Crippen MR) is 504 cm³/mol. The van der Waals surface area contributed by atoms with E-state index in [4.69, 9.17) is 38.7 Å². The molecule has 0 radical (unpaired) electrons. The van der Waals surface area contributed by atoms with Gasteiger partial charge < -0.3 is 4.57 Å². The van der Waals surface area contributed by atoms with E-state index in [0.29, 0.717) is 11.6 Å². The first-order chi connectivity index (χ1) is 59.8. The molecule has 0 bridgehead atoms. The predicted octanol–water partition coefficient (Wildman–Crippen LogP) is 26.7. The first-order valence-corrected chi connectivity index (χ1v) is 43.8. The van der Waals surface area contributed by atoms with Crippen LogP contribution in [0, 0.1) is 0 Å². The lowest BCUT2D eigenvalue weighted by Crippen LogP contribution is -2.24. The van der Waals surface area contributed by atoms with Crippen molar-refractivity contribution >= 4 is 143 Å². The van der Waals surface area contributed by atoms with E-state index in [1.54, 1.807) is 0 Å². The van der Waals surface area contributed by atoms with Crippen molar-refractivity contribution in [3.05, 3.63) is 394 Å². The molecule has 7 aromatic heterocycles. The normalized spacial score (nSPS) is 11.7. The zero-order valence-electron chi connectivity index (χ0n) is 64.6. The number of hydrogen-bond donors (Lipinski definition) is 0. The second-order valence-electron chi connectivity index (χ2n) is 29.9. The third kappa shape index (κ3) is 13.5. The Morgan fingerprint density at radius 1 is 0.223 bits per heavy atom. The highest BCUT2D eigenvalue weighted by molar-refractivity contribution is 7.85. The van der Waals surface area contributed by atoms with Crippen molar-refractivity contribution < 1.29 is 4.57 Å². The van der Waals surface area contributed by atoms with Gasteiger partial charge in [0.2, 0.25) is 0 Å². The van der Waals surface area contributed by atoms with Crippen molar-refractivity contribution in [2.45, 2.75) is 0 Å². The van der Waals surface area contributed by atoms with E-state index < -0.39 is 7.14 Å². The highest BCUT2D eigenvalue weighted by Gasteiger charge is 2.30. The molecule has 0 aliphatic carbocycles. The fourth-order valence-electron chi connectivity index (χ4n) is 16.6. The average molecular weight is 1620 g/mol. The maximum atomic E-state index is 15.1. The molecular formula is C106H65N10OPS3. The summed E-state index contributed by atoms with van der Waals surface area (Å²) in [6.07, 6.45) is 0. The number of nitrogens with zero attached hydrogens (tertiary/aromatic N) is 10. The first-order valence-electron chi connectivity index (χ1n) is 39.8. The molecule has 0 N–H and O–H groups in total. The van der Waals surface area contributed by atoms with Gasteiger partial charge in [0.15, 0.2) is 18.8 Å². The Morgan fingerprint density at radius 2 is 0.570 bits per heavy atom. The summed E-state index contributed by atoms with van der Waals surface area (Å²) in [4.78, 5) is 30.9. The number of thiophene rings is 1. The van der Waals surface area contributed by atoms with Crippen LogP contribution >= 0.6 is 41.9 Å². The number of aromatic nitrogens is 10. The summed E-state index contributed by atoms with van der Waals surface area (Å²) in [5.41, 5.74) is 25.3. The molecule has 0 spiro atoms. The molecule has 0 aliphatic heterocycles. The van der Waals surface area contributed by atoms with Gasteiger partial charge in [-0.1, -0.05) is 340 Å². The highest BCUT2D eigenvalue weighted by atomic mass is 32.1. The van der Waals surface area contributed by atoms with E-state index in [9.17, 15) is 0 Å². The van der Waals surface area contributed by atoms with Crippen LogP contribution in [0.25, 0.3) is 209 Å². The topological polar surface area (TPSA) is 146 Å². The monoisotopic (exact) mass is 1620 g/mol. The molecule has 568 valence electrons. The van der Waals surface area contributed by atoms with Crippen molar-refractivity contribution in [3.63, 3.8) is 0 Å². The Morgan fingerprint density at radius 3 is 1.01 bits per heavy atom. The highest BCUT2D eigenvalue weighted by Crippen LogP contribution is 2.46. The van der Waals surface area contributed by atoms with E-state index in [2.05, 4.69) is 227 Å². The molecule has 0 saturated heterocycles. The van der Waals surface area contributed by atoms with Crippen LogP contribution in [0.15, 0.2) is 394 Å². The van der Waals surface area contributed by atoms with Gasteiger partial charge in [-0.05, 0) is 88.0 Å². The lowest BCUT2D eigenvalue weighted by molar-refractivity contribution is 0.592. The molecule has 0 fully saturated rings. The van der Waals surface area contributed by atoms with Crippen LogP contribution in [0.5, 0.6) is 0 Å². The van der Waals surface area contributed by atoms with E-state index in [1.807, 2.05) is 187 Å². The minimum atomic E-state index is -3.12. The van der Waals surface area contributed by atoms with Crippen molar-refractivity contribution in [3.8, 4) is 124 Å². The maximum Gasteiger partial charge on any atom is 0.171 e. The van der Waals surface area contributed by atoms with Crippen LogP contribution in [0.2, 0.25) is 0 Å². The molecule has 11 nitrogen and oxygen atoms in total. The minimum absolute atomic E-state index is 0.631. The Balaban J connectivity index is 0.000000145. The summed E-state index contributed by atoms with van der Waals surface area (Å²) in [6.45, 7) is 0. The Hall–Kier alpha value is -14.9. The Labute approximate surface area is 708 Å². The lowest BCUT2D eigenvalue weighted by Gasteiger charge is -2.20. The number of pyridine rings is 2. The van der Waals surface area contributed by atoms with Crippen LogP contribution in [0.4, 0.5) is 0 Å². The molecule has 16 aromatic carbocycles. The van der Waals surface area contributed by atoms with E-state index >= 15 is 4.57 Å². The third-order valence-electron chi connectivity index (χ3n) is 22.7. The standard InChI is InChI=1S/C53H34N5OPS.C53H31N5S2/c59-60(41-17-9-3-10-18-41,42-19-11-4-12-20-42)43-28-25-37(26-29-43)48-34-47(55-53(56-48)39-15-7-2-8-16-39)36-23-21-35(22-24-36)40-27-30-44-49(33-40)54-51(38-13-5-1-6-14-38)45-31-32-46-52(50(44)45)58-61-57-46;1-3-10-36(11-4-1)50-43-28-29-44-51(58-60-57-44)49(43)42-27-26-38(30-47(42)54-50)32-18-22-34(23-19-32)45-31-46(56-53(55-45)37-12-5-2-6-13-37)35-24-20-33(21-25-35)39-15-9-16-41-40-14-7-8-17-48(40)59-52(39)41/h1-34H;1-31H. The van der Waals surface area contributed by atoms with E-state index in [1.165, 1.54) is 54.8 Å². The summed E-state index contributed by atoms with van der Waals surface area (Å²) in [6, 6.07) is 135. The molecule has 0 saturated carbocycles. The summed E-state index contributed by atoms with van der Waals surface area (Å²) in [7, 11) is -3.12. The molecule has 0 atom stereocenters. The lowest BCUT2D eigenvalue weighted by atomic mass is 9.96. The van der Waals surface area contributed by atoms with Crippen molar-refractivity contribution in [2.75, 3.05) is 0 Å². The van der Waals surface area contributed by atoms with Gasteiger partial charge in [0, 0.05) is 113 Å². The van der Waals surface area contributed by atoms with Gasteiger partial charge in [0.05, 0.1) is 68.7 Å². The molecule has 121 heavy (non-hydrogen) atoms. The van der Waals surface area contributed by atoms with Gasteiger partial charge in [0.25, 0.3) is 0 Å². The summed E-state index contributed by atoms with van der Waals surface area (Å²) in [5.74, 6) is 1.32. The average Bonchev–Trinajstić information content (AvgIpc) is 1.72. The Kier molecular flexibility index (Phi) is 18.5. The van der Waals surface area contributed by atoms with Gasteiger partial charge in [-0.3, -0.25) is 0 Å². The number of fused-ring (bicyclic) bond motifs is 13. The largest absolute Gasteiger partial charge is 0.309 e. The van der Waals surface area contributed by atoms with E-state index in [-0.39, 0.29) is 0 Å². The summed E-state index contributed by atoms with van der Waals surface area (Å²) < 4.78 is 36.2. The van der Waals surface area contributed by atoms with Crippen molar-refractivity contribution in [1.29, 1.82) is 0 Å². The number of benzene rings is 16. The van der Waals surface area contributed by atoms with Gasteiger partial charge in [-0.2, -0.15) is 17.5 Å². The fraction of sp³-hybridized carbons (Fsp3) is 0. The maximum absolute atomic E-state index is 15.1. The first kappa shape index (κ1) is 72.6. The van der Waals surface area contributed by atoms with E-state index in [0.717, 1.165) is 182 Å². The smallest absolute Gasteiger partial charge is 0.171 e. The fourth-order valence-corrected chi connectivity index (χ4v) is 21.6. The van der Waals surface area contributed by atoms with Crippen LogP contribution in [0.1, 0.15) is 0 Å². The minimum Gasteiger partial charge on any atom is -0.309 e. The zero-order valence-corrected chi connectivity index (χ0v) is 67.9. The van der Waals surface area contributed by atoms with Crippen LogP contribution in [0.3, 0.4) is 0 Å². The zero-order chi connectivity index (χ0) is 80.3. The molecule has 0 unspecified atom stereocenters. The quantitative estimate of drug-likeness (QED) is 0.0757. The molecular weight excluding hydrogens is 1560 g/mol. The molecule has 0 aliphatic rings. The van der Waals surface area contributed by atoms with Crippen LogP contribution < -0.4 is 15.9 Å². The SMILES string of the molecule is O=P(c1ccccc1)(c1ccccc1)c1ccc(-c2cc(-c3ccc(-c4ccc5c(c4)nc(-c4ccccc4)c4ccc6nsnc6c45)cc3)nc(-c3ccccc3)n2)cc1.c1ccc(-c2nc(-c3ccc(-c4ccc5c(c4)nc(-c4ccccc4)c4ccc6nsnc6c45)cc3)cc(-c3ccc(-c4cccc5c4sc4ccccc45)cc3)n2)cc1. The third-order valence-corrected chi connectivity index (χ3v) is 28.0. The molecule has 23 rings (SSSR count). The van der Waals surface area contributed by atoms with Gasteiger partial charge in [-0.15, -0.1) is 11.3 Å². The summed E-state index contributed by atoms with van der Waals surface area (Å²) in [5, 5.41) is 11.4.